The number of benzene rings is 2. The third kappa shape index (κ3) is 5.49. The molecule has 6 heteroatoms. The molecule has 0 aliphatic carbocycles. The number of rotatable bonds is 7. The minimum Gasteiger partial charge on any atom is -0.493 e. The van der Waals surface area contributed by atoms with E-state index in [2.05, 4.69) is 16.7 Å². The molecule has 27 heavy (non-hydrogen) atoms. The summed E-state index contributed by atoms with van der Waals surface area (Å²) in [5.74, 6) is 0.986. The Bertz CT molecular complexity index is 819. The van der Waals surface area contributed by atoms with Gasteiger partial charge in [-0.15, -0.1) is 0 Å². The molecule has 2 aromatic rings. The van der Waals surface area contributed by atoms with Gasteiger partial charge in [0.2, 0.25) is 0 Å². The van der Waals surface area contributed by atoms with Gasteiger partial charge in [0.25, 0.3) is 5.91 Å². The highest BCUT2D eigenvalue weighted by Crippen LogP contribution is 2.29. The minimum atomic E-state index is -0.128. The zero-order valence-corrected chi connectivity index (χ0v) is 16.0. The van der Waals surface area contributed by atoms with Crippen LogP contribution in [0.25, 0.3) is 0 Å². The molecule has 0 fully saturated rings. The van der Waals surface area contributed by atoms with Crippen molar-refractivity contribution in [1.29, 1.82) is 0 Å². The maximum atomic E-state index is 12.4. The molecule has 0 saturated heterocycles. The lowest BCUT2D eigenvalue weighted by Gasteiger charge is -2.15. The Morgan fingerprint density at radius 3 is 2.70 bits per heavy atom. The van der Waals surface area contributed by atoms with Crippen molar-refractivity contribution in [3.63, 3.8) is 0 Å². The number of nitrogens with one attached hydrogen (secondary N) is 2. The summed E-state index contributed by atoms with van der Waals surface area (Å²) in [7, 11) is 1.56. The van der Waals surface area contributed by atoms with Gasteiger partial charge in [0.05, 0.1) is 7.11 Å². The summed E-state index contributed by atoms with van der Waals surface area (Å²) in [5.41, 5.74) is 2.79. The Kier molecular flexibility index (Phi) is 6.74. The van der Waals surface area contributed by atoms with Crippen LogP contribution < -0.4 is 20.1 Å². The second kappa shape index (κ2) is 9.44. The third-order valence-corrected chi connectivity index (χ3v) is 4.62. The van der Waals surface area contributed by atoms with Crippen molar-refractivity contribution < 1.29 is 14.3 Å². The minimum absolute atomic E-state index is 0.128. The first-order valence-corrected chi connectivity index (χ1v) is 9.25. The summed E-state index contributed by atoms with van der Waals surface area (Å²) >= 11 is 5.89. The molecule has 5 nitrogen and oxygen atoms in total. The van der Waals surface area contributed by atoms with Crippen LogP contribution in [0.1, 0.15) is 22.3 Å². The van der Waals surface area contributed by atoms with Crippen LogP contribution in [-0.4, -0.2) is 32.7 Å². The van der Waals surface area contributed by atoms with E-state index < -0.39 is 0 Å². The quantitative estimate of drug-likeness (QED) is 0.714. The van der Waals surface area contributed by atoms with E-state index in [-0.39, 0.29) is 5.91 Å². The monoisotopic (exact) mass is 386 g/mol. The summed E-state index contributed by atoms with van der Waals surface area (Å²) in [4.78, 5) is 12.4. The van der Waals surface area contributed by atoms with E-state index in [1.807, 2.05) is 24.3 Å². The fourth-order valence-corrected chi connectivity index (χ4v) is 2.92. The van der Waals surface area contributed by atoms with Crippen molar-refractivity contribution in [2.45, 2.75) is 13.0 Å². The maximum absolute atomic E-state index is 12.4. The predicted molar refractivity (Wildman–Crippen MR) is 107 cm³/mol. The van der Waals surface area contributed by atoms with E-state index in [1.54, 1.807) is 25.3 Å². The van der Waals surface area contributed by atoms with Crippen molar-refractivity contribution in [2.24, 2.45) is 0 Å². The number of ether oxygens (including phenoxy) is 2. The van der Waals surface area contributed by atoms with Crippen LogP contribution in [0.5, 0.6) is 11.5 Å². The largest absolute Gasteiger partial charge is 0.493 e. The van der Waals surface area contributed by atoms with Crippen LogP contribution in [-0.2, 0) is 6.61 Å². The lowest BCUT2D eigenvalue weighted by atomic mass is 10.1. The highest BCUT2D eigenvalue weighted by molar-refractivity contribution is 6.30. The van der Waals surface area contributed by atoms with Crippen LogP contribution in [0, 0.1) is 0 Å². The number of carbonyl (C=O) groups is 1. The highest BCUT2D eigenvalue weighted by Gasteiger charge is 2.12. The molecule has 1 aliphatic rings. The fraction of sp³-hybridized carbons (Fsp3) is 0.286. The second-order valence-electron chi connectivity index (χ2n) is 6.28. The van der Waals surface area contributed by atoms with Gasteiger partial charge in [0.15, 0.2) is 11.5 Å². The highest BCUT2D eigenvalue weighted by atomic mass is 35.5. The molecular formula is C21H23ClN2O3. The lowest BCUT2D eigenvalue weighted by Crippen LogP contribution is -2.29. The molecule has 0 saturated carbocycles. The maximum Gasteiger partial charge on any atom is 0.251 e. The van der Waals surface area contributed by atoms with E-state index >= 15 is 0 Å². The number of carbonyl (C=O) groups excluding carboxylic acids is 1. The summed E-state index contributed by atoms with van der Waals surface area (Å²) in [6, 6.07) is 12.7. The Labute approximate surface area is 164 Å². The van der Waals surface area contributed by atoms with E-state index in [0.717, 1.165) is 25.1 Å². The number of methoxy groups -OCH3 is 1. The summed E-state index contributed by atoms with van der Waals surface area (Å²) in [5, 5.41) is 6.90. The van der Waals surface area contributed by atoms with Gasteiger partial charge in [0.1, 0.15) is 6.61 Å². The summed E-state index contributed by atoms with van der Waals surface area (Å²) in [6.07, 6.45) is 3.08. The summed E-state index contributed by atoms with van der Waals surface area (Å²) < 4.78 is 11.2. The molecule has 1 aliphatic heterocycles. The Morgan fingerprint density at radius 1 is 1.19 bits per heavy atom. The van der Waals surface area contributed by atoms with Crippen LogP contribution >= 0.6 is 11.6 Å². The number of hydrogen-bond donors (Lipinski definition) is 2. The van der Waals surface area contributed by atoms with Gasteiger partial charge in [-0.05, 0) is 48.9 Å². The number of amides is 1. The SMILES string of the molecule is COc1cc(C(=O)NCC2=CCNCC2)ccc1OCc1ccc(Cl)cc1. The Morgan fingerprint density at radius 2 is 2.00 bits per heavy atom. The van der Waals surface area contributed by atoms with Crippen molar-refractivity contribution in [2.75, 3.05) is 26.7 Å². The molecular weight excluding hydrogens is 364 g/mol. The zero-order valence-electron chi connectivity index (χ0n) is 15.3. The molecule has 0 bridgehead atoms. The van der Waals surface area contributed by atoms with Gasteiger partial charge in [-0.3, -0.25) is 4.79 Å². The van der Waals surface area contributed by atoms with Gasteiger partial charge in [-0.1, -0.05) is 35.4 Å². The van der Waals surface area contributed by atoms with E-state index in [9.17, 15) is 4.79 Å². The second-order valence-corrected chi connectivity index (χ2v) is 6.72. The van der Waals surface area contributed by atoms with Gasteiger partial charge in [0, 0.05) is 23.7 Å². The Balaban J connectivity index is 1.61. The molecule has 1 amide bonds. The fourth-order valence-electron chi connectivity index (χ4n) is 2.80. The number of halogens is 1. The van der Waals surface area contributed by atoms with Gasteiger partial charge in [-0.2, -0.15) is 0 Å². The molecule has 0 aromatic heterocycles. The molecule has 2 N–H and O–H groups in total. The molecule has 0 unspecified atom stereocenters. The van der Waals surface area contributed by atoms with Crippen LogP contribution in [0.15, 0.2) is 54.1 Å². The first-order chi connectivity index (χ1) is 13.2. The molecule has 142 valence electrons. The van der Waals surface area contributed by atoms with Gasteiger partial charge >= 0.3 is 0 Å². The van der Waals surface area contributed by atoms with Crippen LogP contribution in [0.3, 0.4) is 0 Å². The first-order valence-electron chi connectivity index (χ1n) is 8.88. The van der Waals surface area contributed by atoms with Crippen molar-refractivity contribution in [1.82, 2.24) is 10.6 Å². The Hall–Kier alpha value is -2.50. The molecule has 0 atom stereocenters. The standard InChI is InChI=1S/C21H23ClN2O3/c1-26-20-12-17(21(25)24-13-15-8-10-23-11-9-15)4-7-19(20)27-14-16-2-5-18(22)6-3-16/h2-8,12,23H,9-11,13-14H2,1H3,(H,24,25). The number of hydrogen-bond acceptors (Lipinski definition) is 4. The van der Waals surface area contributed by atoms with Crippen LogP contribution in [0.4, 0.5) is 0 Å². The first kappa shape index (κ1) is 19.3. The predicted octanol–water partition coefficient (Wildman–Crippen LogP) is 3.58. The van der Waals surface area contributed by atoms with Crippen molar-refractivity contribution in [3.8, 4) is 11.5 Å². The lowest BCUT2D eigenvalue weighted by molar-refractivity contribution is 0.0956. The van der Waals surface area contributed by atoms with Crippen molar-refractivity contribution >= 4 is 17.5 Å². The summed E-state index contributed by atoms with van der Waals surface area (Å²) in [6.45, 7) is 2.77. The van der Waals surface area contributed by atoms with Gasteiger partial charge in [-0.25, -0.2) is 0 Å². The zero-order chi connectivity index (χ0) is 19.1. The van der Waals surface area contributed by atoms with Crippen molar-refractivity contribution in [3.05, 3.63) is 70.3 Å². The van der Waals surface area contributed by atoms with E-state index in [0.29, 0.717) is 35.2 Å². The van der Waals surface area contributed by atoms with E-state index in [4.69, 9.17) is 21.1 Å². The molecule has 3 rings (SSSR count). The molecule has 0 spiro atoms. The molecule has 0 radical (unpaired) electrons. The average Bonchev–Trinajstić information content (AvgIpc) is 2.72. The smallest absolute Gasteiger partial charge is 0.251 e. The van der Waals surface area contributed by atoms with Crippen LogP contribution in [0.2, 0.25) is 5.02 Å². The molecule has 2 aromatic carbocycles. The molecule has 1 heterocycles. The van der Waals surface area contributed by atoms with Gasteiger partial charge < -0.3 is 20.1 Å². The normalized spacial score (nSPS) is 13.6. The van der Waals surface area contributed by atoms with E-state index in [1.165, 1.54) is 5.57 Å². The average molecular weight is 387 g/mol. The topological polar surface area (TPSA) is 59.6 Å². The third-order valence-electron chi connectivity index (χ3n) is 4.37.